The van der Waals surface area contributed by atoms with Crippen molar-refractivity contribution >= 4 is 5.91 Å². The number of ether oxygens (including phenoxy) is 3. The van der Waals surface area contributed by atoms with E-state index in [1.54, 1.807) is 36.3 Å². The van der Waals surface area contributed by atoms with Crippen LogP contribution < -0.4 is 9.47 Å². The maximum Gasteiger partial charge on any atom is 0.260 e. The van der Waals surface area contributed by atoms with E-state index in [1.165, 1.54) is 12.1 Å². The number of morpholine rings is 1. The molecule has 1 aliphatic heterocycles. The van der Waals surface area contributed by atoms with Gasteiger partial charge in [0.05, 0.1) is 20.3 Å². The molecule has 2 aromatic carbocycles. The van der Waals surface area contributed by atoms with Crippen molar-refractivity contribution in [1.82, 2.24) is 4.90 Å². The molecule has 1 fully saturated rings. The molecule has 1 saturated heterocycles. The summed E-state index contributed by atoms with van der Waals surface area (Å²) in [4.78, 5) is 14.1. The van der Waals surface area contributed by atoms with Crippen molar-refractivity contribution in [2.45, 2.75) is 6.10 Å². The zero-order valence-corrected chi connectivity index (χ0v) is 14.0. The second-order valence-electron chi connectivity index (χ2n) is 5.69. The van der Waals surface area contributed by atoms with Gasteiger partial charge >= 0.3 is 0 Å². The smallest absolute Gasteiger partial charge is 0.260 e. The first-order chi connectivity index (χ1) is 12.2. The minimum absolute atomic E-state index is 0.0729. The first kappa shape index (κ1) is 17.2. The SMILES string of the molecule is COc1ccccc1OCC(=O)N1CCOC(c2ccc(F)cc2)C1. The minimum atomic E-state index is -0.294. The number of para-hydroxylation sites is 2. The zero-order chi connectivity index (χ0) is 17.6. The van der Waals surface area contributed by atoms with E-state index in [0.717, 1.165) is 5.56 Å². The summed E-state index contributed by atoms with van der Waals surface area (Å²) < 4.78 is 29.6. The molecular weight excluding hydrogens is 325 g/mol. The zero-order valence-electron chi connectivity index (χ0n) is 14.0. The molecule has 6 heteroatoms. The number of amides is 1. The number of hydrogen-bond acceptors (Lipinski definition) is 4. The molecule has 132 valence electrons. The maximum atomic E-state index is 13.1. The molecule has 2 aromatic rings. The fourth-order valence-electron chi connectivity index (χ4n) is 2.72. The predicted octanol–water partition coefficient (Wildman–Crippen LogP) is 2.81. The van der Waals surface area contributed by atoms with E-state index in [2.05, 4.69) is 0 Å². The summed E-state index contributed by atoms with van der Waals surface area (Å²) in [5, 5.41) is 0. The highest BCUT2D eigenvalue weighted by molar-refractivity contribution is 5.78. The van der Waals surface area contributed by atoms with Crippen LogP contribution in [-0.2, 0) is 9.53 Å². The monoisotopic (exact) mass is 345 g/mol. The maximum absolute atomic E-state index is 13.1. The molecule has 3 rings (SSSR count). The molecule has 5 nitrogen and oxygen atoms in total. The Bertz CT molecular complexity index is 720. The Morgan fingerprint density at radius 3 is 2.64 bits per heavy atom. The molecule has 0 spiro atoms. The molecule has 0 bridgehead atoms. The highest BCUT2D eigenvalue weighted by Crippen LogP contribution is 2.26. The lowest BCUT2D eigenvalue weighted by Crippen LogP contribution is -2.44. The largest absolute Gasteiger partial charge is 0.493 e. The summed E-state index contributed by atoms with van der Waals surface area (Å²) in [6, 6.07) is 13.3. The van der Waals surface area contributed by atoms with Gasteiger partial charge in [0.25, 0.3) is 5.91 Å². The first-order valence-corrected chi connectivity index (χ1v) is 8.08. The Hall–Kier alpha value is -2.60. The molecule has 0 saturated carbocycles. The van der Waals surface area contributed by atoms with Crippen molar-refractivity contribution in [2.24, 2.45) is 0 Å². The highest BCUT2D eigenvalue weighted by atomic mass is 19.1. The Balaban J connectivity index is 1.59. The van der Waals surface area contributed by atoms with E-state index in [0.29, 0.717) is 31.2 Å². The third-order valence-electron chi connectivity index (χ3n) is 4.08. The van der Waals surface area contributed by atoms with Gasteiger partial charge in [-0.15, -0.1) is 0 Å². The fraction of sp³-hybridized carbons (Fsp3) is 0.316. The predicted molar refractivity (Wildman–Crippen MR) is 90.2 cm³/mol. The van der Waals surface area contributed by atoms with E-state index in [4.69, 9.17) is 14.2 Å². The van der Waals surface area contributed by atoms with Crippen LogP contribution in [0.2, 0.25) is 0 Å². The normalized spacial score (nSPS) is 17.2. The van der Waals surface area contributed by atoms with Gasteiger partial charge in [0.1, 0.15) is 11.9 Å². The lowest BCUT2D eigenvalue weighted by Gasteiger charge is -2.33. The summed E-state index contributed by atoms with van der Waals surface area (Å²) in [6.45, 7) is 1.28. The number of hydrogen-bond donors (Lipinski definition) is 0. The van der Waals surface area contributed by atoms with Gasteiger partial charge in [-0.05, 0) is 29.8 Å². The minimum Gasteiger partial charge on any atom is -0.493 e. The van der Waals surface area contributed by atoms with Gasteiger partial charge in [-0.2, -0.15) is 0 Å². The lowest BCUT2D eigenvalue weighted by atomic mass is 10.1. The molecule has 1 heterocycles. The van der Waals surface area contributed by atoms with Crippen LogP contribution in [0.3, 0.4) is 0 Å². The average Bonchev–Trinajstić information content (AvgIpc) is 2.67. The number of rotatable bonds is 5. The van der Waals surface area contributed by atoms with Crippen LogP contribution >= 0.6 is 0 Å². The Kier molecular flexibility index (Phi) is 5.50. The second kappa shape index (κ2) is 7.98. The highest BCUT2D eigenvalue weighted by Gasteiger charge is 2.25. The number of benzene rings is 2. The Morgan fingerprint density at radius 2 is 1.92 bits per heavy atom. The van der Waals surface area contributed by atoms with Gasteiger partial charge in [-0.1, -0.05) is 24.3 Å². The van der Waals surface area contributed by atoms with Crippen LogP contribution in [0.15, 0.2) is 48.5 Å². The lowest BCUT2D eigenvalue weighted by molar-refractivity contribution is -0.141. The van der Waals surface area contributed by atoms with Crippen LogP contribution in [0.5, 0.6) is 11.5 Å². The molecule has 1 unspecified atom stereocenters. The molecule has 1 amide bonds. The molecule has 0 radical (unpaired) electrons. The van der Waals surface area contributed by atoms with Crippen molar-refractivity contribution in [3.63, 3.8) is 0 Å². The molecule has 1 atom stereocenters. The van der Waals surface area contributed by atoms with Crippen molar-refractivity contribution in [1.29, 1.82) is 0 Å². The van der Waals surface area contributed by atoms with Gasteiger partial charge in [0.2, 0.25) is 0 Å². The number of halogens is 1. The third-order valence-corrected chi connectivity index (χ3v) is 4.08. The van der Waals surface area contributed by atoms with Gasteiger partial charge in [0, 0.05) is 6.54 Å². The summed E-state index contributed by atoms with van der Waals surface area (Å²) >= 11 is 0. The van der Waals surface area contributed by atoms with Crippen LogP contribution in [0.25, 0.3) is 0 Å². The van der Waals surface area contributed by atoms with Crippen LogP contribution in [0.4, 0.5) is 4.39 Å². The van der Waals surface area contributed by atoms with Gasteiger partial charge < -0.3 is 19.1 Å². The standard InChI is InChI=1S/C19H20FNO4/c1-23-16-4-2-3-5-17(16)25-13-19(22)21-10-11-24-18(12-21)14-6-8-15(20)9-7-14/h2-9,18H,10-13H2,1H3. The second-order valence-corrected chi connectivity index (χ2v) is 5.69. The third kappa shape index (κ3) is 4.28. The molecule has 1 aliphatic rings. The summed E-state index contributed by atoms with van der Waals surface area (Å²) in [5.74, 6) is 0.696. The average molecular weight is 345 g/mol. The summed E-state index contributed by atoms with van der Waals surface area (Å²) in [6.07, 6.45) is -0.260. The topological polar surface area (TPSA) is 48.0 Å². The van der Waals surface area contributed by atoms with Gasteiger partial charge in [-0.25, -0.2) is 4.39 Å². The summed E-state index contributed by atoms with van der Waals surface area (Å²) in [7, 11) is 1.55. The number of methoxy groups -OCH3 is 1. The first-order valence-electron chi connectivity index (χ1n) is 8.08. The Morgan fingerprint density at radius 1 is 1.20 bits per heavy atom. The van der Waals surface area contributed by atoms with Gasteiger partial charge in [-0.3, -0.25) is 4.79 Å². The van der Waals surface area contributed by atoms with E-state index in [-0.39, 0.29) is 24.4 Å². The van der Waals surface area contributed by atoms with Crippen molar-refractivity contribution < 1.29 is 23.4 Å². The van der Waals surface area contributed by atoms with Crippen molar-refractivity contribution in [3.05, 3.63) is 59.9 Å². The van der Waals surface area contributed by atoms with Gasteiger partial charge in [0.15, 0.2) is 18.1 Å². The molecule has 0 aliphatic carbocycles. The van der Waals surface area contributed by atoms with E-state index < -0.39 is 0 Å². The van der Waals surface area contributed by atoms with E-state index in [9.17, 15) is 9.18 Å². The fourth-order valence-corrected chi connectivity index (χ4v) is 2.72. The van der Waals surface area contributed by atoms with E-state index >= 15 is 0 Å². The van der Waals surface area contributed by atoms with Crippen molar-refractivity contribution in [2.75, 3.05) is 33.4 Å². The molecule has 25 heavy (non-hydrogen) atoms. The molecular formula is C19H20FNO4. The molecule has 0 aromatic heterocycles. The Labute approximate surface area is 145 Å². The quantitative estimate of drug-likeness (QED) is 0.836. The summed E-state index contributed by atoms with van der Waals surface area (Å²) in [5.41, 5.74) is 0.851. The van der Waals surface area contributed by atoms with Crippen molar-refractivity contribution in [3.8, 4) is 11.5 Å². The van der Waals surface area contributed by atoms with Crippen LogP contribution in [0.1, 0.15) is 11.7 Å². The van der Waals surface area contributed by atoms with Crippen LogP contribution in [-0.4, -0.2) is 44.2 Å². The number of carbonyl (C=O) groups excluding carboxylic acids is 1. The molecule has 0 N–H and O–H groups in total. The van der Waals surface area contributed by atoms with E-state index in [1.807, 2.05) is 12.1 Å². The number of nitrogens with zero attached hydrogens (tertiary/aromatic N) is 1. The number of carbonyl (C=O) groups is 1. The van der Waals surface area contributed by atoms with Crippen LogP contribution in [0, 0.1) is 5.82 Å².